The monoisotopic (exact) mass is 1580 g/mol. The zero-order valence-electron chi connectivity index (χ0n) is 61.5. The third-order valence-corrected chi connectivity index (χ3v) is 13.2. The average Bonchev–Trinajstić information content (AvgIpc) is 0.858. The Morgan fingerprint density at radius 1 is 0.437 bits per heavy atom. The molecule has 6 atom stereocenters. The third-order valence-electron chi connectivity index (χ3n) is 13.1. The normalized spacial score (nSPS) is 12.6. The van der Waals surface area contributed by atoms with Crippen molar-refractivity contribution in [2.45, 2.75) is 214 Å². The predicted molar refractivity (Wildman–Crippen MR) is 381 cm³/mol. The molecule has 0 unspecified atom stereocenters. The van der Waals surface area contributed by atoms with Gasteiger partial charge in [-0.25, -0.2) is 33.6 Å². The Bertz CT molecular complexity index is 3510. The van der Waals surface area contributed by atoms with Crippen LogP contribution in [0.4, 0.5) is 24.0 Å². The molecule has 5 amide bonds. The molecule has 566 valence electrons. The highest BCUT2D eigenvalue weighted by molar-refractivity contribution is 6.17. The Morgan fingerprint density at radius 2 is 0.757 bits per heavy atom. The molecule has 25 nitrogen and oxygen atoms in total. The van der Waals surface area contributed by atoms with Crippen LogP contribution in [-0.4, -0.2) is 123 Å². The van der Waals surface area contributed by atoms with Crippen LogP contribution in [0, 0.1) is 0 Å². The van der Waals surface area contributed by atoms with Crippen LogP contribution in [0.15, 0.2) is 165 Å². The molecule has 3 heterocycles. The number of alkyl halides is 1. The second-order valence-corrected chi connectivity index (χ2v) is 27.9. The van der Waals surface area contributed by atoms with Crippen molar-refractivity contribution < 1.29 is 122 Å². The van der Waals surface area contributed by atoms with Crippen LogP contribution in [0.25, 0.3) is 0 Å². The topological polar surface area (TPSA) is 328 Å². The Morgan fingerprint density at radius 3 is 1.08 bits per heavy atom. The summed E-state index contributed by atoms with van der Waals surface area (Å²) in [5.74, 6) is -2.13. The number of esters is 2. The predicted octanol–water partition coefficient (Wildman–Crippen LogP) is 4.72. The maximum absolute atomic E-state index is 12.8. The van der Waals surface area contributed by atoms with Gasteiger partial charge in [-0.05, 0) is 164 Å². The lowest BCUT2D eigenvalue weighted by molar-refractivity contribution is -0.727. The number of nitrogens with two attached hydrogens (primary N) is 1. The summed E-state index contributed by atoms with van der Waals surface area (Å²) in [5.41, 5.74) is 8.56. The molecule has 0 aliphatic rings. The highest BCUT2D eigenvalue weighted by Crippen LogP contribution is 2.16. The van der Waals surface area contributed by atoms with E-state index in [0.717, 1.165) is 34.2 Å². The first kappa shape index (κ1) is 92.2. The molecule has 28 heteroatoms. The van der Waals surface area contributed by atoms with Gasteiger partial charge in [0.1, 0.15) is 40.5 Å². The van der Waals surface area contributed by atoms with Gasteiger partial charge in [-0.15, -0.1) is 0 Å². The van der Waals surface area contributed by atoms with Gasteiger partial charge in [-0.1, -0.05) is 109 Å². The van der Waals surface area contributed by atoms with E-state index in [9.17, 15) is 38.4 Å². The molecule has 6 aromatic rings. The van der Waals surface area contributed by atoms with Crippen LogP contribution in [0.5, 0.6) is 0 Å². The van der Waals surface area contributed by atoms with Crippen molar-refractivity contribution in [1.29, 1.82) is 0 Å². The molecule has 0 saturated heterocycles. The molecule has 0 saturated carbocycles. The molecule has 103 heavy (non-hydrogen) atoms. The van der Waals surface area contributed by atoms with Gasteiger partial charge < -0.3 is 107 Å². The maximum atomic E-state index is 12.8. The SMILES string of the molecule is CC(C)(C)OC(=O)N[C@@H](Cc1cccnc1)C(=O)OC(C)(C)C.C[C@@H](Cc1ccccc1)NC(=O)OCCl.C[C@@H](Cc1ccccc1)NC(=O)OC[n+]1cccc(C[C@H](N)C(=O)O)c1.C[C@@H](Cc1ccccc1)NC(=O)OC[n+]1cccc(C[C@H](NC(=O)OC(C)(C)C)C(=O)OC(C)(C)C)c1.[Cl-].[I-]. The highest BCUT2D eigenvalue weighted by Gasteiger charge is 2.31. The zero-order chi connectivity index (χ0) is 75.3. The van der Waals surface area contributed by atoms with E-state index in [-0.39, 0.29) is 93.3 Å². The molecule has 0 bridgehead atoms. The van der Waals surface area contributed by atoms with Crippen molar-refractivity contribution >= 4 is 60.0 Å². The van der Waals surface area contributed by atoms with Crippen molar-refractivity contribution in [3.05, 3.63) is 198 Å². The van der Waals surface area contributed by atoms with E-state index in [2.05, 4.69) is 36.3 Å². The molecular formula is C75H104Cl2IN9O16. The first-order valence-corrected chi connectivity index (χ1v) is 33.6. The fraction of sp³-hybridized carbons (Fsp3) is 0.453. The van der Waals surface area contributed by atoms with Gasteiger partial charge in [0.05, 0.1) is 0 Å². The fourth-order valence-corrected chi connectivity index (χ4v) is 9.12. The second-order valence-electron chi connectivity index (χ2n) is 27.7. The van der Waals surface area contributed by atoms with E-state index in [1.807, 2.05) is 124 Å². The van der Waals surface area contributed by atoms with E-state index in [1.165, 1.54) is 5.56 Å². The number of aliphatic carboxylic acids is 1. The van der Waals surface area contributed by atoms with E-state index in [0.29, 0.717) is 12.8 Å². The van der Waals surface area contributed by atoms with E-state index < -0.39 is 88.9 Å². The third kappa shape index (κ3) is 44.3. The number of nitrogens with one attached hydrogen (secondary N) is 5. The molecule has 3 aromatic carbocycles. The summed E-state index contributed by atoms with van der Waals surface area (Å²) in [4.78, 5) is 99.6. The van der Waals surface area contributed by atoms with Crippen molar-refractivity contribution in [1.82, 2.24) is 31.6 Å². The van der Waals surface area contributed by atoms with Gasteiger partial charge in [-0.3, -0.25) is 9.78 Å². The van der Waals surface area contributed by atoms with Crippen LogP contribution >= 0.6 is 11.6 Å². The summed E-state index contributed by atoms with van der Waals surface area (Å²) < 4.78 is 39.9. The first-order valence-electron chi connectivity index (χ1n) is 33.1. The second kappa shape index (κ2) is 46.7. The maximum Gasteiger partial charge on any atom is 0.412 e. The number of hydrogen-bond acceptors (Lipinski definition) is 17. The number of carbonyl (C=O) groups is 8. The minimum absolute atomic E-state index is 0. The minimum atomic E-state index is -1.05. The number of carbonyl (C=O) groups excluding carboxylic acids is 7. The number of pyridine rings is 3. The Balaban J connectivity index is 0.000000713. The van der Waals surface area contributed by atoms with Crippen molar-refractivity contribution in [2.24, 2.45) is 5.73 Å². The van der Waals surface area contributed by atoms with Gasteiger partial charge in [-0.2, -0.15) is 9.13 Å². The number of carboxylic acid groups (broad SMARTS) is 1. The fourth-order valence-electron chi connectivity index (χ4n) is 9.02. The van der Waals surface area contributed by atoms with Crippen LogP contribution < -0.4 is 77.8 Å². The molecular weight excluding hydrogens is 1480 g/mol. The van der Waals surface area contributed by atoms with Crippen LogP contribution in [0.2, 0.25) is 0 Å². The number of halogens is 3. The van der Waals surface area contributed by atoms with Crippen LogP contribution in [0.1, 0.15) is 137 Å². The number of benzene rings is 3. The zero-order valence-corrected chi connectivity index (χ0v) is 65.2. The van der Waals surface area contributed by atoms with Crippen molar-refractivity contribution in [3.63, 3.8) is 0 Å². The number of amides is 5. The van der Waals surface area contributed by atoms with Crippen LogP contribution in [-0.2, 0) is 99.5 Å². The largest absolute Gasteiger partial charge is 1.00 e. The molecule has 6 rings (SSSR count). The molecule has 8 N–H and O–H groups in total. The van der Waals surface area contributed by atoms with Crippen molar-refractivity contribution in [3.8, 4) is 0 Å². The summed E-state index contributed by atoms with van der Waals surface area (Å²) in [6.45, 7) is 26.9. The molecule has 3 aromatic heterocycles. The summed E-state index contributed by atoms with van der Waals surface area (Å²) in [5, 5.41) is 22.4. The first-order chi connectivity index (χ1) is 47.3. The van der Waals surface area contributed by atoms with E-state index in [4.69, 9.17) is 50.9 Å². The standard InChI is InChI=1S/C28H39N3O6.C19H23N3O4.C17H26N2O4.C11H14ClNO2.ClH.HI/c1-20(16-21-12-9-8-10-13-21)29-25(33)35-19-31-15-11-14-22(18-31)17-23(24(32)36-27(2,3)4)30-26(34)37-28(5,6)7;1-14(10-15-6-3-2-4-7-15)21-19(25)26-13-22-9-5-8-16(12-22)11-17(20)18(23)24;1-16(2,3)22-14(20)13(10-12-8-7-9-18-11-12)19-15(21)23-17(4,5)6;1-9(13-11(14)15-8-12)7-10-5-3-2-4-6-10;;/h8-15,18,20,23H,16-17,19H2,1-7H3,(H-,29,30,33,34);2-9,12,14,17H,10-11,13,20H2,1H3,(H-,21,23,24,25);7-9,11,13H,10H2,1-6H3,(H,19,21);2-6,9H,7-8H2,1H3,(H,13,14);2*1H/t20-,23-;14-,17-;13-;9-;;/m0000../s1. The summed E-state index contributed by atoms with van der Waals surface area (Å²) >= 11 is 5.26. The van der Waals surface area contributed by atoms with Gasteiger partial charge >= 0.3 is 48.4 Å². The average molecular weight is 1590 g/mol. The Labute approximate surface area is 634 Å². The van der Waals surface area contributed by atoms with E-state index in [1.54, 1.807) is 154 Å². The Kier molecular flexibility index (Phi) is 41.8. The molecule has 0 fully saturated rings. The van der Waals surface area contributed by atoms with Crippen molar-refractivity contribution in [2.75, 3.05) is 6.07 Å². The van der Waals surface area contributed by atoms with Gasteiger partial charge in [0, 0.05) is 73.0 Å². The number of rotatable bonds is 25. The lowest BCUT2D eigenvalue weighted by Gasteiger charge is -2.26. The lowest BCUT2D eigenvalue weighted by atomic mass is 10.1. The van der Waals surface area contributed by atoms with Crippen LogP contribution in [0.3, 0.4) is 0 Å². The summed E-state index contributed by atoms with van der Waals surface area (Å²) in [7, 11) is 0. The quantitative estimate of drug-likeness (QED) is 0.0134. The van der Waals surface area contributed by atoms with E-state index >= 15 is 0 Å². The molecule has 0 spiro atoms. The lowest BCUT2D eigenvalue weighted by Crippen LogP contribution is -3.00. The van der Waals surface area contributed by atoms with Gasteiger partial charge in [0.25, 0.3) is 13.5 Å². The Hall–Kier alpha value is -8.86. The smallest absolute Gasteiger partial charge is 0.412 e. The number of nitrogens with zero attached hydrogens (tertiary/aromatic N) is 3. The van der Waals surface area contributed by atoms with Gasteiger partial charge in [0.2, 0.25) is 0 Å². The number of aromatic nitrogens is 3. The molecule has 0 radical (unpaired) electrons. The highest BCUT2D eigenvalue weighted by atomic mass is 127. The number of ether oxygens (including phenoxy) is 7. The number of carboxylic acids is 1. The summed E-state index contributed by atoms with van der Waals surface area (Å²) in [6.07, 6.45) is 10.2. The van der Waals surface area contributed by atoms with Gasteiger partial charge in [0.15, 0.2) is 30.9 Å². The molecule has 0 aliphatic heterocycles. The summed E-state index contributed by atoms with van der Waals surface area (Å²) in [6, 6.07) is 37.4. The number of hydrogen-bond donors (Lipinski definition) is 7. The molecule has 0 aliphatic carbocycles. The number of alkyl carbamates (subject to hydrolysis) is 5. The minimum Gasteiger partial charge on any atom is -1.00 e.